The number of imidazole rings is 1. The van der Waals surface area contributed by atoms with Gasteiger partial charge in [-0.3, -0.25) is 9.36 Å². The fraction of sp³-hybridized carbons (Fsp3) is 0.318. The SMILES string of the molecule is COC(=O)c1coc(Cn2cnc3c2c(=O)n(CC(C)C)c(=O)n3-c2ccccc2OC)n1. The van der Waals surface area contributed by atoms with Crippen molar-refractivity contribution < 1.29 is 18.7 Å². The number of rotatable bonds is 7. The first-order valence-electron chi connectivity index (χ1n) is 10.2. The summed E-state index contributed by atoms with van der Waals surface area (Å²) >= 11 is 0. The smallest absolute Gasteiger partial charge is 0.360 e. The second kappa shape index (κ2) is 8.77. The number of fused-ring (bicyclic) bond motifs is 1. The Bertz CT molecular complexity index is 1440. The van der Waals surface area contributed by atoms with Crippen molar-refractivity contribution in [2.75, 3.05) is 14.2 Å². The van der Waals surface area contributed by atoms with Gasteiger partial charge in [-0.1, -0.05) is 26.0 Å². The summed E-state index contributed by atoms with van der Waals surface area (Å²) in [4.78, 5) is 47.0. The Morgan fingerprint density at radius 2 is 1.94 bits per heavy atom. The summed E-state index contributed by atoms with van der Waals surface area (Å²) in [5, 5.41) is 0. The summed E-state index contributed by atoms with van der Waals surface area (Å²) in [7, 11) is 2.75. The van der Waals surface area contributed by atoms with Crippen molar-refractivity contribution in [3.63, 3.8) is 0 Å². The van der Waals surface area contributed by atoms with E-state index in [0.29, 0.717) is 11.4 Å². The number of benzene rings is 1. The molecule has 4 rings (SSSR count). The fourth-order valence-corrected chi connectivity index (χ4v) is 3.59. The van der Waals surface area contributed by atoms with Gasteiger partial charge in [-0.15, -0.1) is 0 Å². The van der Waals surface area contributed by atoms with Gasteiger partial charge in [-0.05, 0) is 18.1 Å². The lowest BCUT2D eigenvalue weighted by Crippen LogP contribution is -2.41. The summed E-state index contributed by atoms with van der Waals surface area (Å²) in [6.07, 6.45) is 2.61. The van der Waals surface area contributed by atoms with E-state index in [-0.39, 0.29) is 41.8 Å². The first-order chi connectivity index (χ1) is 15.8. The number of oxazole rings is 1. The second-order valence-corrected chi connectivity index (χ2v) is 7.76. The van der Waals surface area contributed by atoms with Crippen LogP contribution in [0.1, 0.15) is 30.2 Å². The molecule has 0 amide bonds. The number of hydrogen-bond donors (Lipinski definition) is 0. The maximum Gasteiger partial charge on any atom is 0.360 e. The van der Waals surface area contributed by atoms with Crippen molar-refractivity contribution in [2.45, 2.75) is 26.9 Å². The van der Waals surface area contributed by atoms with Crippen molar-refractivity contribution in [3.05, 3.63) is 69.3 Å². The molecule has 0 radical (unpaired) electrons. The molecule has 1 aromatic carbocycles. The lowest BCUT2D eigenvalue weighted by Gasteiger charge is -2.15. The van der Waals surface area contributed by atoms with E-state index in [1.165, 1.54) is 40.5 Å². The zero-order valence-electron chi connectivity index (χ0n) is 18.6. The molecule has 11 nitrogen and oxygen atoms in total. The van der Waals surface area contributed by atoms with Crippen molar-refractivity contribution in [2.24, 2.45) is 5.92 Å². The number of ether oxygens (including phenoxy) is 2. The van der Waals surface area contributed by atoms with E-state index in [1.807, 2.05) is 13.8 Å². The summed E-state index contributed by atoms with van der Waals surface area (Å²) in [5.74, 6) is 0.0506. The first kappa shape index (κ1) is 22.1. The number of esters is 1. The van der Waals surface area contributed by atoms with Crippen molar-refractivity contribution in [1.29, 1.82) is 0 Å². The van der Waals surface area contributed by atoms with Crippen LogP contribution in [0.15, 0.2) is 50.9 Å². The average molecular weight is 453 g/mol. The van der Waals surface area contributed by atoms with Crippen LogP contribution in [0.25, 0.3) is 16.9 Å². The number of para-hydroxylation sites is 2. The van der Waals surface area contributed by atoms with Crippen LogP contribution in [0.3, 0.4) is 0 Å². The molecule has 0 spiro atoms. The largest absolute Gasteiger partial charge is 0.495 e. The van der Waals surface area contributed by atoms with Gasteiger partial charge in [0.1, 0.15) is 18.6 Å². The van der Waals surface area contributed by atoms with Gasteiger partial charge in [0.25, 0.3) is 5.56 Å². The molecule has 0 unspecified atom stereocenters. The molecule has 172 valence electrons. The van der Waals surface area contributed by atoms with E-state index in [9.17, 15) is 14.4 Å². The molecule has 0 aliphatic rings. The van der Waals surface area contributed by atoms with Gasteiger partial charge in [0, 0.05) is 6.54 Å². The molecule has 0 saturated heterocycles. The standard InChI is InChI=1S/C22H23N5O6/c1-13(2)9-26-20(28)18-19(27(22(26)30)15-7-5-6-8-16(15)31-3)23-12-25(18)10-17-24-14(11-33-17)21(29)32-4/h5-8,11-13H,9-10H2,1-4H3. The molecule has 11 heteroatoms. The third kappa shape index (κ3) is 3.93. The second-order valence-electron chi connectivity index (χ2n) is 7.76. The molecular weight excluding hydrogens is 430 g/mol. The molecule has 3 heterocycles. The van der Waals surface area contributed by atoms with Gasteiger partial charge in [-0.2, -0.15) is 0 Å². The summed E-state index contributed by atoms with van der Waals surface area (Å²) in [6, 6.07) is 7.00. The number of carbonyl (C=O) groups excluding carboxylic acids is 1. The lowest BCUT2D eigenvalue weighted by molar-refractivity contribution is 0.0594. The van der Waals surface area contributed by atoms with Crippen molar-refractivity contribution in [1.82, 2.24) is 23.7 Å². The minimum atomic E-state index is -0.634. The topological polar surface area (TPSA) is 123 Å². The van der Waals surface area contributed by atoms with Crippen molar-refractivity contribution in [3.8, 4) is 11.4 Å². The Hall–Kier alpha value is -4.15. The molecular formula is C22H23N5O6. The van der Waals surface area contributed by atoms with Crippen LogP contribution < -0.4 is 16.0 Å². The summed E-state index contributed by atoms with van der Waals surface area (Å²) < 4.78 is 19.5. The molecule has 0 saturated carbocycles. The molecule has 0 bridgehead atoms. The lowest BCUT2D eigenvalue weighted by atomic mass is 10.2. The highest BCUT2D eigenvalue weighted by molar-refractivity contribution is 5.86. The van der Waals surface area contributed by atoms with Crippen LogP contribution in [0, 0.1) is 5.92 Å². The van der Waals surface area contributed by atoms with E-state index in [0.717, 1.165) is 0 Å². The zero-order valence-corrected chi connectivity index (χ0v) is 18.6. The molecule has 4 aromatic rings. The van der Waals surface area contributed by atoms with Crippen LogP contribution in [0.5, 0.6) is 5.75 Å². The Balaban J connectivity index is 1.95. The van der Waals surface area contributed by atoms with Gasteiger partial charge in [0.05, 0.1) is 26.2 Å². The van der Waals surface area contributed by atoms with Gasteiger partial charge in [-0.25, -0.2) is 24.1 Å². The van der Waals surface area contributed by atoms with Crippen LogP contribution in [0.4, 0.5) is 0 Å². The molecule has 0 fully saturated rings. The van der Waals surface area contributed by atoms with Gasteiger partial charge < -0.3 is 18.5 Å². The highest BCUT2D eigenvalue weighted by Crippen LogP contribution is 2.23. The van der Waals surface area contributed by atoms with Crippen LogP contribution in [0.2, 0.25) is 0 Å². The summed E-state index contributed by atoms with van der Waals surface area (Å²) in [5.41, 5.74) is -0.151. The Morgan fingerprint density at radius 1 is 1.18 bits per heavy atom. The minimum Gasteiger partial charge on any atom is -0.495 e. The number of nitrogens with zero attached hydrogens (tertiary/aromatic N) is 5. The maximum absolute atomic E-state index is 13.4. The fourth-order valence-electron chi connectivity index (χ4n) is 3.59. The van der Waals surface area contributed by atoms with Crippen LogP contribution >= 0.6 is 0 Å². The molecule has 0 N–H and O–H groups in total. The average Bonchev–Trinajstić information content (AvgIpc) is 3.44. The Labute approximate surface area is 187 Å². The van der Waals surface area contributed by atoms with Crippen LogP contribution in [-0.4, -0.2) is 43.9 Å². The van der Waals surface area contributed by atoms with Gasteiger partial charge in [0.15, 0.2) is 16.9 Å². The third-order valence-electron chi connectivity index (χ3n) is 5.03. The maximum atomic E-state index is 13.4. The highest BCUT2D eigenvalue weighted by Gasteiger charge is 2.22. The van der Waals surface area contributed by atoms with Crippen molar-refractivity contribution >= 4 is 17.1 Å². The van der Waals surface area contributed by atoms with Crippen LogP contribution in [-0.2, 0) is 17.8 Å². The highest BCUT2D eigenvalue weighted by atomic mass is 16.5. The normalized spacial score (nSPS) is 11.3. The number of carbonyl (C=O) groups is 1. The van der Waals surface area contributed by atoms with E-state index < -0.39 is 17.2 Å². The van der Waals surface area contributed by atoms with E-state index >= 15 is 0 Å². The zero-order chi connectivity index (χ0) is 23.7. The van der Waals surface area contributed by atoms with E-state index in [4.69, 9.17) is 9.15 Å². The molecule has 3 aromatic heterocycles. The summed E-state index contributed by atoms with van der Waals surface area (Å²) in [6.45, 7) is 4.08. The number of hydrogen-bond acceptors (Lipinski definition) is 8. The molecule has 0 atom stereocenters. The predicted molar refractivity (Wildman–Crippen MR) is 118 cm³/mol. The number of methoxy groups -OCH3 is 2. The molecule has 0 aliphatic heterocycles. The van der Waals surface area contributed by atoms with E-state index in [1.54, 1.807) is 24.3 Å². The Morgan fingerprint density at radius 3 is 2.64 bits per heavy atom. The first-order valence-corrected chi connectivity index (χ1v) is 10.2. The predicted octanol–water partition coefficient (Wildman–Crippen LogP) is 1.84. The molecule has 0 aliphatic carbocycles. The quantitative estimate of drug-likeness (QED) is 0.388. The van der Waals surface area contributed by atoms with Gasteiger partial charge >= 0.3 is 11.7 Å². The minimum absolute atomic E-state index is 0.0140. The third-order valence-corrected chi connectivity index (χ3v) is 5.03. The Kier molecular flexibility index (Phi) is 5.86. The monoisotopic (exact) mass is 453 g/mol. The van der Waals surface area contributed by atoms with E-state index in [2.05, 4.69) is 14.7 Å². The molecule has 33 heavy (non-hydrogen) atoms. The van der Waals surface area contributed by atoms with Gasteiger partial charge in [0.2, 0.25) is 5.89 Å². The number of aromatic nitrogens is 5.